The molecule has 6 heteroatoms. The Bertz CT molecular complexity index is 855. The van der Waals surface area contributed by atoms with Gasteiger partial charge in [-0.25, -0.2) is 0 Å². The number of allylic oxidation sites excluding steroid dienone is 11. The van der Waals surface area contributed by atoms with Crippen molar-refractivity contribution in [3.05, 3.63) is 97.1 Å². The summed E-state index contributed by atoms with van der Waals surface area (Å²) < 4.78 is 5.21. The summed E-state index contributed by atoms with van der Waals surface area (Å²) in [7, 11) is 0. The highest BCUT2D eigenvalue weighted by atomic mass is 16.5. The van der Waals surface area contributed by atoms with Gasteiger partial charge in [0.1, 0.15) is 19.0 Å². The number of hydrogen-bond acceptors (Lipinski definition) is 6. The second kappa shape index (κ2) is 12.4. The van der Waals surface area contributed by atoms with Gasteiger partial charge in [0.15, 0.2) is 0 Å². The molecular weight excluding hydrogens is 338 g/mol. The van der Waals surface area contributed by atoms with E-state index >= 15 is 0 Å². The van der Waals surface area contributed by atoms with Crippen molar-refractivity contribution in [3.63, 3.8) is 0 Å². The van der Waals surface area contributed by atoms with Crippen molar-refractivity contribution >= 4 is 18.6 Å². The molecule has 0 amide bonds. The molecule has 0 radical (unpaired) electrons. The molecule has 6 nitrogen and oxygen atoms in total. The molecule has 2 aliphatic rings. The molecule has 0 fully saturated rings. The molecule has 0 saturated carbocycles. The highest BCUT2D eigenvalue weighted by Gasteiger charge is 2.07. The first-order chi connectivity index (χ1) is 13.4. The van der Waals surface area contributed by atoms with E-state index in [-0.39, 0.29) is 0 Å². The summed E-state index contributed by atoms with van der Waals surface area (Å²) in [5.41, 5.74) is 1.32. The van der Waals surface area contributed by atoms with Crippen LogP contribution in [0.5, 0.6) is 0 Å². The molecule has 0 unspecified atom stereocenters. The average Bonchev–Trinajstić information content (AvgIpc) is 3.13. The van der Waals surface area contributed by atoms with Crippen LogP contribution in [0.2, 0.25) is 0 Å². The number of hydrogen-bond donors (Lipinski definition) is 0. The SMILES string of the molecule is N#CC1=COC=CC=CC=CN=CC=CN=CC=C2C=NCN2C=CC=C1. The molecule has 2 rings (SSSR count). The Hall–Kier alpha value is -3.98. The summed E-state index contributed by atoms with van der Waals surface area (Å²) in [5, 5.41) is 9.11. The largest absolute Gasteiger partial charge is 0.471 e. The Morgan fingerprint density at radius 1 is 0.963 bits per heavy atom. The molecular formula is C21H19N5O. The standard InChI is InChI=1S/C21H19N5O/c22-16-20-8-3-5-14-26-19-25-17-21(26)9-13-24-12-7-11-23-10-4-1-2-6-15-27-18-20/h1-15,17-18H,19H2. The zero-order chi connectivity index (χ0) is 19.0. The predicted octanol–water partition coefficient (Wildman–Crippen LogP) is 3.96. The fraction of sp³-hybridized carbons (Fsp3) is 0.0476. The van der Waals surface area contributed by atoms with Crippen LogP contribution >= 0.6 is 0 Å². The highest BCUT2D eigenvalue weighted by Crippen LogP contribution is 2.09. The van der Waals surface area contributed by atoms with E-state index in [1.807, 2.05) is 29.3 Å². The van der Waals surface area contributed by atoms with Gasteiger partial charge in [0.05, 0.1) is 17.5 Å². The van der Waals surface area contributed by atoms with Gasteiger partial charge >= 0.3 is 0 Å². The second-order valence-corrected chi connectivity index (χ2v) is 5.03. The van der Waals surface area contributed by atoms with E-state index < -0.39 is 0 Å². The summed E-state index contributed by atoms with van der Waals surface area (Å²) in [6.45, 7) is 0.543. The normalized spacial score (nSPS) is 17.5. The molecule has 0 aromatic rings. The third-order valence-electron chi connectivity index (χ3n) is 3.10. The molecule has 2 heterocycles. The minimum Gasteiger partial charge on any atom is -0.471 e. The molecule has 0 spiro atoms. The van der Waals surface area contributed by atoms with Crippen LogP contribution in [0.1, 0.15) is 0 Å². The van der Waals surface area contributed by atoms with Crippen LogP contribution in [0, 0.1) is 11.3 Å². The van der Waals surface area contributed by atoms with E-state index in [1.54, 1.807) is 67.5 Å². The second-order valence-electron chi connectivity index (χ2n) is 5.03. The summed E-state index contributed by atoms with van der Waals surface area (Å²) in [6.07, 6.45) is 29.2. The quantitative estimate of drug-likeness (QED) is 0.658. The lowest BCUT2D eigenvalue weighted by Crippen LogP contribution is -2.11. The van der Waals surface area contributed by atoms with Crippen LogP contribution in [0.4, 0.5) is 0 Å². The van der Waals surface area contributed by atoms with E-state index in [0.29, 0.717) is 12.2 Å². The van der Waals surface area contributed by atoms with Crippen molar-refractivity contribution in [2.24, 2.45) is 15.0 Å². The van der Waals surface area contributed by atoms with Crippen LogP contribution in [-0.4, -0.2) is 30.2 Å². The molecule has 0 atom stereocenters. The van der Waals surface area contributed by atoms with E-state index in [9.17, 15) is 0 Å². The lowest BCUT2D eigenvalue weighted by molar-refractivity contribution is 0.401. The fourth-order valence-corrected chi connectivity index (χ4v) is 1.85. The van der Waals surface area contributed by atoms with Crippen LogP contribution < -0.4 is 0 Å². The van der Waals surface area contributed by atoms with Crippen LogP contribution in [0.15, 0.2) is 112 Å². The van der Waals surface area contributed by atoms with Gasteiger partial charge in [0.2, 0.25) is 0 Å². The molecule has 27 heavy (non-hydrogen) atoms. The maximum atomic E-state index is 9.11. The lowest BCUT2D eigenvalue weighted by atomic mass is 10.3. The Balaban J connectivity index is 2.15. The van der Waals surface area contributed by atoms with E-state index in [2.05, 4.69) is 21.0 Å². The maximum Gasteiger partial charge on any atom is 0.114 e. The monoisotopic (exact) mass is 357 g/mol. The molecule has 0 aromatic carbocycles. The summed E-state index contributed by atoms with van der Waals surface area (Å²) >= 11 is 0. The molecule has 0 aromatic heterocycles. The average molecular weight is 357 g/mol. The summed E-state index contributed by atoms with van der Waals surface area (Å²) in [5.74, 6) is 0. The summed E-state index contributed by atoms with van der Waals surface area (Å²) in [6, 6.07) is 2.06. The first-order valence-corrected chi connectivity index (χ1v) is 8.17. The van der Waals surface area contributed by atoms with Crippen molar-refractivity contribution in [1.82, 2.24) is 4.90 Å². The van der Waals surface area contributed by atoms with Gasteiger partial charge < -0.3 is 9.64 Å². The topological polar surface area (TPSA) is 73.3 Å². The third-order valence-corrected chi connectivity index (χ3v) is 3.10. The van der Waals surface area contributed by atoms with Gasteiger partial charge in [0, 0.05) is 37.2 Å². The number of rotatable bonds is 0. The van der Waals surface area contributed by atoms with Crippen LogP contribution in [0.3, 0.4) is 0 Å². The predicted molar refractivity (Wildman–Crippen MR) is 110 cm³/mol. The van der Waals surface area contributed by atoms with E-state index in [0.717, 1.165) is 5.70 Å². The van der Waals surface area contributed by atoms with Crippen LogP contribution in [-0.2, 0) is 4.74 Å². The fourth-order valence-electron chi connectivity index (χ4n) is 1.85. The zero-order valence-corrected chi connectivity index (χ0v) is 14.7. The molecule has 134 valence electrons. The van der Waals surface area contributed by atoms with Gasteiger partial charge in [-0.2, -0.15) is 5.26 Å². The van der Waals surface area contributed by atoms with Crippen molar-refractivity contribution in [1.29, 1.82) is 5.26 Å². The number of fused-ring (bicyclic) bond motifs is 1. The first-order valence-electron chi connectivity index (χ1n) is 8.17. The first kappa shape index (κ1) is 19.3. The van der Waals surface area contributed by atoms with Crippen molar-refractivity contribution in [2.75, 3.05) is 6.67 Å². The minimum atomic E-state index is 0.400. The van der Waals surface area contributed by atoms with Crippen molar-refractivity contribution in [3.8, 4) is 6.07 Å². The Morgan fingerprint density at radius 2 is 1.81 bits per heavy atom. The van der Waals surface area contributed by atoms with E-state index in [1.165, 1.54) is 12.5 Å². The minimum absolute atomic E-state index is 0.400. The maximum absolute atomic E-state index is 9.11. The van der Waals surface area contributed by atoms with Gasteiger partial charge in [0.25, 0.3) is 0 Å². The van der Waals surface area contributed by atoms with E-state index in [4.69, 9.17) is 10.00 Å². The molecule has 0 aliphatic carbocycles. The van der Waals surface area contributed by atoms with Gasteiger partial charge in [-0.3, -0.25) is 15.0 Å². The Labute approximate surface area is 158 Å². The zero-order valence-electron chi connectivity index (χ0n) is 14.7. The van der Waals surface area contributed by atoms with Gasteiger partial charge in [-0.15, -0.1) is 0 Å². The van der Waals surface area contributed by atoms with Gasteiger partial charge in [-0.1, -0.05) is 18.2 Å². The lowest BCUT2D eigenvalue weighted by Gasteiger charge is -2.11. The van der Waals surface area contributed by atoms with Crippen molar-refractivity contribution < 1.29 is 4.74 Å². The third kappa shape index (κ3) is 8.09. The molecule has 2 aliphatic heterocycles. The van der Waals surface area contributed by atoms with Crippen molar-refractivity contribution in [2.45, 2.75) is 0 Å². The molecule has 0 saturated heterocycles. The number of ether oxygens (including phenoxy) is 1. The Kier molecular flexibility index (Phi) is 8.88. The molecule has 0 N–H and O–H groups in total. The van der Waals surface area contributed by atoms with Crippen LogP contribution in [0.25, 0.3) is 0 Å². The highest BCUT2D eigenvalue weighted by molar-refractivity contribution is 5.87. The van der Waals surface area contributed by atoms with Gasteiger partial charge in [-0.05, 0) is 36.5 Å². The number of nitriles is 1. The smallest absolute Gasteiger partial charge is 0.114 e. The summed E-state index contributed by atoms with van der Waals surface area (Å²) in [4.78, 5) is 14.4. The number of aliphatic imine (C=N–C) groups is 3. The Morgan fingerprint density at radius 3 is 2.74 bits per heavy atom. The molecule has 0 bridgehead atoms. The number of nitrogens with zero attached hydrogens (tertiary/aromatic N) is 5.